The lowest BCUT2D eigenvalue weighted by molar-refractivity contribution is -0.150. The van der Waals surface area contributed by atoms with Gasteiger partial charge in [-0.1, -0.05) is 5.92 Å². The van der Waals surface area contributed by atoms with Gasteiger partial charge < -0.3 is 14.4 Å². The van der Waals surface area contributed by atoms with Crippen LogP contribution in [0.3, 0.4) is 0 Å². The number of rotatable bonds is 6. The predicted molar refractivity (Wildman–Crippen MR) is 83.4 cm³/mol. The Kier molecular flexibility index (Phi) is 6.20. The molecular weight excluding hydrogens is 284 g/mol. The molecule has 0 radical (unpaired) electrons. The van der Waals surface area contributed by atoms with E-state index in [9.17, 15) is 14.7 Å². The molecule has 0 saturated heterocycles. The fourth-order valence-electron chi connectivity index (χ4n) is 2.30. The number of esters is 1. The maximum atomic E-state index is 12.0. The minimum atomic E-state index is -0.549. The van der Waals surface area contributed by atoms with Crippen LogP contribution in [0.2, 0.25) is 0 Å². The molecule has 1 heterocycles. The standard InChI is InChI=1S/C16H22N2O4/c1-6-9-17(12(4)16(21)22-7-2)13(5)18-10-8-14(19)15(20)11(18)3/h1,8,10,12-13,20H,7,9H2,2-5H3. The van der Waals surface area contributed by atoms with Gasteiger partial charge in [0.2, 0.25) is 5.43 Å². The van der Waals surface area contributed by atoms with E-state index in [4.69, 9.17) is 11.2 Å². The quantitative estimate of drug-likeness (QED) is 0.633. The third-order valence-corrected chi connectivity index (χ3v) is 3.63. The zero-order valence-corrected chi connectivity index (χ0v) is 13.4. The zero-order valence-electron chi connectivity index (χ0n) is 13.4. The van der Waals surface area contributed by atoms with Crippen molar-refractivity contribution in [2.24, 2.45) is 0 Å². The molecule has 0 aliphatic heterocycles. The number of aromatic nitrogens is 1. The van der Waals surface area contributed by atoms with Crippen LogP contribution in [0.15, 0.2) is 17.1 Å². The van der Waals surface area contributed by atoms with Crippen LogP contribution < -0.4 is 5.43 Å². The predicted octanol–water partition coefficient (Wildman–Crippen LogP) is 1.27. The molecule has 1 aromatic heterocycles. The van der Waals surface area contributed by atoms with Crippen LogP contribution in [0.4, 0.5) is 0 Å². The number of pyridine rings is 1. The molecule has 0 aliphatic carbocycles. The highest BCUT2D eigenvalue weighted by atomic mass is 16.5. The molecule has 0 fully saturated rings. The third kappa shape index (κ3) is 3.68. The van der Waals surface area contributed by atoms with Gasteiger partial charge in [0, 0.05) is 12.3 Å². The molecule has 2 atom stereocenters. The van der Waals surface area contributed by atoms with Crippen LogP contribution in [0.1, 0.15) is 32.6 Å². The van der Waals surface area contributed by atoms with Gasteiger partial charge in [-0.15, -0.1) is 6.42 Å². The summed E-state index contributed by atoms with van der Waals surface area (Å²) in [7, 11) is 0. The molecule has 0 aromatic carbocycles. The first-order chi connectivity index (χ1) is 10.3. The number of ether oxygens (including phenoxy) is 1. The lowest BCUT2D eigenvalue weighted by atomic mass is 10.2. The summed E-state index contributed by atoms with van der Waals surface area (Å²) in [5.41, 5.74) is -0.0269. The summed E-state index contributed by atoms with van der Waals surface area (Å²) in [4.78, 5) is 25.2. The van der Waals surface area contributed by atoms with E-state index in [1.807, 2.05) is 6.92 Å². The maximum absolute atomic E-state index is 12.0. The second kappa shape index (κ2) is 7.66. The Hall–Kier alpha value is -2.26. The molecule has 0 amide bonds. The topological polar surface area (TPSA) is 71.8 Å². The van der Waals surface area contributed by atoms with Crippen molar-refractivity contribution in [2.45, 2.75) is 39.9 Å². The van der Waals surface area contributed by atoms with Crippen molar-refractivity contribution in [3.8, 4) is 18.1 Å². The lowest BCUT2D eigenvalue weighted by Crippen LogP contribution is -2.44. The Morgan fingerprint density at radius 3 is 2.73 bits per heavy atom. The number of terminal acetylenes is 1. The van der Waals surface area contributed by atoms with E-state index in [-0.39, 0.29) is 24.4 Å². The minimum absolute atomic E-state index is 0.230. The maximum Gasteiger partial charge on any atom is 0.323 e. The van der Waals surface area contributed by atoms with Gasteiger partial charge in [-0.25, -0.2) is 0 Å². The molecule has 0 aliphatic rings. The molecule has 2 unspecified atom stereocenters. The van der Waals surface area contributed by atoms with Gasteiger partial charge >= 0.3 is 5.97 Å². The molecule has 1 N–H and O–H groups in total. The number of nitrogens with zero attached hydrogens (tertiary/aromatic N) is 2. The monoisotopic (exact) mass is 306 g/mol. The second-order valence-corrected chi connectivity index (χ2v) is 4.96. The zero-order chi connectivity index (χ0) is 16.9. The van der Waals surface area contributed by atoms with E-state index in [0.29, 0.717) is 12.3 Å². The summed E-state index contributed by atoms with van der Waals surface area (Å²) >= 11 is 0. The van der Waals surface area contributed by atoms with Gasteiger partial charge in [-0.3, -0.25) is 14.5 Å². The van der Waals surface area contributed by atoms with Gasteiger partial charge in [0.25, 0.3) is 0 Å². The third-order valence-electron chi connectivity index (χ3n) is 3.63. The average molecular weight is 306 g/mol. The lowest BCUT2D eigenvalue weighted by Gasteiger charge is -2.34. The normalized spacial score (nSPS) is 13.5. The Bertz CT molecular complexity index is 630. The van der Waals surface area contributed by atoms with Crippen LogP contribution >= 0.6 is 0 Å². The molecule has 0 spiro atoms. The van der Waals surface area contributed by atoms with E-state index in [0.717, 1.165) is 0 Å². The van der Waals surface area contributed by atoms with Crippen LogP contribution in [-0.2, 0) is 9.53 Å². The molecule has 0 bridgehead atoms. The molecule has 1 rings (SSSR count). The van der Waals surface area contributed by atoms with Crippen LogP contribution in [-0.4, -0.2) is 39.7 Å². The van der Waals surface area contributed by atoms with Gasteiger partial charge in [0.05, 0.1) is 25.0 Å². The van der Waals surface area contributed by atoms with Crippen LogP contribution in [0.5, 0.6) is 5.75 Å². The summed E-state index contributed by atoms with van der Waals surface area (Å²) in [6, 6.07) is 0.731. The first kappa shape index (κ1) is 17.8. The Morgan fingerprint density at radius 1 is 1.55 bits per heavy atom. The highest BCUT2D eigenvalue weighted by Crippen LogP contribution is 2.21. The van der Waals surface area contributed by atoms with Crippen LogP contribution in [0, 0.1) is 19.3 Å². The van der Waals surface area contributed by atoms with E-state index in [2.05, 4.69) is 5.92 Å². The molecule has 6 nitrogen and oxygen atoms in total. The number of carbonyl (C=O) groups excluding carboxylic acids is 1. The van der Waals surface area contributed by atoms with Crippen molar-refractivity contribution in [3.05, 3.63) is 28.2 Å². The van der Waals surface area contributed by atoms with Crippen LogP contribution in [0.25, 0.3) is 0 Å². The highest BCUT2D eigenvalue weighted by Gasteiger charge is 2.27. The van der Waals surface area contributed by atoms with E-state index in [1.54, 1.807) is 36.4 Å². The smallest absolute Gasteiger partial charge is 0.323 e. The molecule has 120 valence electrons. The largest absolute Gasteiger partial charge is 0.503 e. The summed E-state index contributed by atoms with van der Waals surface area (Å²) in [5, 5.41) is 9.80. The molecule has 1 aromatic rings. The molecule has 22 heavy (non-hydrogen) atoms. The number of hydrogen-bond donors (Lipinski definition) is 1. The Labute approximate surface area is 130 Å². The number of carbonyl (C=O) groups is 1. The van der Waals surface area contributed by atoms with Gasteiger partial charge in [-0.05, 0) is 27.7 Å². The Balaban J connectivity index is 3.17. The van der Waals surface area contributed by atoms with Gasteiger partial charge in [-0.2, -0.15) is 0 Å². The molecule has 6 heteroatoms. The number of aromatic hydroxyl groups is 1. The first-order valence-corrected chi connectivity index (χ1v) is 7.11. The van der Waals surface area contributed by atoms with Crippen molar-refractivity contribution in [3.63, 3.8) is 0 Å². The van der Waals surface area contributed by atoms with Crippen molar-refractivity contribution >= 4 is 5.97 Å². The van der Waals surface area contributed by atoms with Crippen molar-refractivity contribution in [1.29, 1.82) is 0 Å². The van der Waals surface area contributed by atoms with Gasteiger partial charge in [0.15, 0.2) is 5.75 Å². The molecule has 0 saturated carbocycles. The van der Waals surface area contributed by atoms with Crippen molar-refractivity contribution in [2.75, 3.05) is 13.2 Å². The van der Waals surface area contributed by atoms with Crippen molar-refractivity contribution < 1.29 is 14.6 Å². The molecular formula is C16H22N2O4. The summed E-state index contributed by atoms with van der Waals surface area (Å²) in [5.74, 6) is 1.85. The average Bonchev–Trinajstić information content (AvgIpc) is 2.49. The minimum Gasteiger partial charge on any atom is -0.503 e. The fourth-order valence-corrected chi connectivity index (χ4v) is 2.30. The summed E-state index contributed by atoms with van der Waals surface area (Å²) < 4.78 is 6.73. The Morgan fingerprint density at radius 2 is 2.18 bits per heavy atom. The SMILES string of the molecule is C#CCN(C(C)C(=O)OCC)C(C)n1ccc(=O)c(O)c1C. The van der Waals surface area contributed by atoms with E-state index < -0.39 is 11.5 Å². The fraction of sp³-hybridized carbons (Fsp3) is 0.500. The summed E-state index contributed by atoms with van der Waals surface area (Å²) in [6.07, 6.45) is 6.64. The first-order valence-electron chi connectivity index (χ1n) is 7.11. The number of hydrogen-bond acceptors (Lipinski definition) is 5. The highest BCUT2D eigenvalue weighted by molar-refractivity contribution is 5.75. The van der Waals surface area contributed by atoms with Gasteiger partial charge in [0.1, 0.15) is 6.04 Å². The second-order valence-electron chi connectivity index (χ2n) is 4.96. The summed E-state index contributed by atoms with van der Waals surface area (Å²) in [6.45, 7) is 7.44. The van der Waals surface area contributed by atoms with E-state index >= 15 is 0 Å². The van der Waals surface area contributed by atoms with E-state index in [1.165, 1.54) is 6.07 Å². The van der Waals surface area contributed by atoms with Crippen molar-refractivity contribution in [1.82, 2.24) is 9.47 Å².